The van der Waals surface area contributed by atoms with Crippen molar-refractivity contribution < 1.29 is 14.3 Å². The molecule has 4 nitrogen and oxygen atoms in total. The van der Waals surface area contributed by atoms with Crippen molar-refractivity contribution in [2.24, 2.45) is 0 Å². The summed E-state index contributed by atoms with van der Waals surface area (Å²) in [6.45, 7) is 3.24. The summed E-state index contributed by atoms with van der Waals surface area (Å²) in [7, 11) is 0. The minimum Gasteiger partial charge on any atom is -0.422 e. The van der Waals surface area contributed by atoms with E-state index in [1.54, 1.807) is 0 Å². The predicted octanol–water partition coefficient (Wildman–Crippen LogP) is 0.985. The molecule has 0 unspecified atom stereocenters. The number of aldehydes is 1. The molecule has 0 aliphatic carbocycles. The van der Waals surface area contributed by atoms with E-state index in [1.807, 2.05) is 0 Å². The summed E-state index contributed by atoms with van der Waals surface area (Å²) in [4.78, 5) is 24.6. The fraction of sp³-hybridized carbons (Fsp3) is 0. The van der Waals surface area contributed by atoms with Gasteiger partial charge >= 0.3 is 5.97 Å². The highest BCUT2D eigenvalue weighted by atomic mass is 16.5. The van der Waals surface area contributed by atoms with Crippen molar-refractivity contribution in [1.82, 2.24) is 4.98 Å². The van der Waals surface area contributed by atoms with Crippen LogP contribution in [0.3, 0.4) is 0 Å². The SMILES string of the molecule is C=CC(=O)Oc1ccc(C=O)nc1. The van der Waals surface area contributed by atoms with Crippen LogP contribution in [0.25, 0.3) is 0 Å². The van der Waals surface area contributed by atoms with Crippen molar-refractivity contribution in [1.29, 1.82) is 0 Å². The molecular formula is C9H7NO3. The maximum atomic E-state index is 10.7. The second kappa shape index (κ2) is 4.15. The highest BCUT2D eigenvalue weighted by Crippen LogP contribution is 2.08. The summed E-state index contributed by atoms with van der Waals surface area (Å²) < 4.78 is 4.73. The van der Waals surface area contributed by atoms with E-state index in [4.69, 9.17) is 4.74 Å². The van der Waals surface area contributed by atoms with Gasteiger partial charge in [0, 0.05) is 6.08 Å². The number of carbonyl (C=O) groups is 2. The monoisotopic (exact) mass is 177 g/mol. The molecule has 0 aliphatic heterocycles. The van der Waals surface area contributed by atoms with Gasteiger partial charge in [0.25, 0.3) is 0 Å². The lowest BCUT2D eigenvalue weighted by atomic mass is 10.4. The molecule has 0 bridgehead atoms. The minimum absolute atomic E-state index is 0.288. The molecule has 1 aromatic rings. The molecule has 4 heteroatoms. The lowest BCUT2D eigenvalue weighted by Crippen LogP contribution is -2.03. The summed E-state index contributed by atoms with van der Waals surface area (Å²) in [5.74, 6) is -0.267. The zero-order valence-electron chi connectivity index (χ0n) is 6.77. The molecular weight excluding hydrogens is 170 g/mol. The predicted molar refractivity (Wildman–Crippen MR) is 45.5 cm³/mol. The molecule has 0 atom stereocenters. The smallest absolute Gasteiger partial charge is 0.335 e. The van der Waals surface area contributed by atoms with Crippen LogP contribution in [0.15, 0.2) is 31.0 Å². The molecule has 1 aromatic heterocycles. The van der Waals surface area contributed by atoms with Crippen molar-refractivity contribution in [3.8, 4) is 5.75 Å². The van der Waals surface area contributed by atoms with Crippen molar-refractivity contribution in [2.45, 2.75) is 0 Å². The van der Waals surface area contributed by atoms with E-state index < -0.39 is 5.97 Å². The average Bonchev–Trinajstić information content (AvgIpc) is 2.19. The fourth-order valence-corrected chi connectivity index (χ4v) is 0.680. The zero-order chi connectivity index (χ0) is 9.68. The second-order valence-electron chi connectivity index (χ2n) is 2.16. The van der Waals surface area contributed by atoms with Gasteiger partial charge < -0.3 is 4.74 Å². The molecule has 0 spiro atoms. The highest BCUT2D eigenvalue weighted by molar-refractivity contribution is 5.83. The van der Waals surface area contributed by atoms with Crippen molar-refractivity contribution in [2.75, 3.05) is 0 Å². The van der Waals surface area contributed by atoms with Gasteiger partial charge in [0.05, 0.1) is 6.20 Å². The average molecular weight is 177 g/mol. The Morgan fingerprint density at radius 1 is 1.54 bits per heavy atom. The van der Waals surface area contributed by atoms with Gasteiger partial charge in [-0.25, -0.2) is 9.78 Å². The number of hydrogen-bond acceptors (Lipinski definition) is 4. The van der Waals surface area contributed by atoms with Crippen molar-refractivity contribution in [3.05, 3.63) is 36.7 Å². The summed E-state index contributed by atoms with van der Waals surface area (Å²) >= 11 is 0. The standard InChI is InChI=1S/C9H7NO3/c1-2-9(12)13-8-4-3-7(6-11)10-5-8/h2-6H,1H2. The zero-order valence-corrected chi connectivity index (χ0v) is 6.77. The quantitative estimate of drug-likeness (QED) is 0.392. The van der Waals surface area contributed by atoms with Gasteiger partial charge in [0.15, 0.2) is 6.29 Å². The summed E-state index contributed by atoms with van der Waals surface area (Å²) in [6, 6.07) is 2.94. The van der Waals surface area contributed by atoms with Crippen molar-refractivity contribution in [3.63, 3.8) is 0 Å². The normalized spacial score (nSPS) is 8.92. The first-order valence-corrected chi connectivity index (χ1v) is 3.51. The molecule has 0 aromatic carbocycles. The third-order valence-corrected chi connectivity index (χ3v) is 1.27. The Balaban J connectivity index is 2.74. The number of aromatic nitrogens is 1. The van der Waals surface area contributed by atoms with E-state index >= 15 is 0 Å². The number of nitrogens with zero attached hydrogens (tertiary/aromatic N) is 1. The number of ether oxygens (including phenoxy) is 1. The summed E-state index contributed by atoms with van der Waals surface area (Å²) in [5.41, 5.74) is 0.290. The Morgan fingerprint density at radius 2 is 2.31 bits per heavy atom. The molecule has 0 saturated heterocycles. The number of esters is 1. The Morgan fingerprint density at radius 3 is 2.77 bits per heavy atom. The third kappa shape index (κ3) is 2.52. The van der Waals surface area contributed by atoms with Gasteiger partial charge in [-0.3, -0.25) is 4.79 Å². The van der Waals surface area contributed by atoms with E-state index in [9.17, 15) is 9.59 Å². The van der Waals surface area contributed by atoms with Gasteiger partial charge in [0.2, 0.25) is 0 Å². The summed E-state index contributed by atoms with van der Waals surface area (Å²) in [6.07, 6.45) is 2.96. The third-order valence-electron chi connectivity index (χ3n) is 1.27. The minimum atomic E-state index is -0.555. The topological polar surface area (TPSA) is 56.3 Å². The second-order valence-corrected chi connectivity index (χ2v) is 2.16. The Kier molecular flexibility index (Phi) is 2.92. The van der Waals surface area contributed by atoms with E-state index in [1.165, 1.54) is 18.3 Å². The molecule has 0 aliphatic rings. The maximum Gasteiger partial charge on any atom is 0.335 e. The highest BCUT2D eigenvalue weighted by Gasteiger charge is 1.99. The van der Waals surface area contributed by atoms with Gasteiger partial charge in [-0.2, -0.15) is 0 Å². The van der Waals surface area contributed by atoms with Crippen LogP contribution in [0.1, 0.15) is 10.5 Å². The van der Waals surface area contributed by atoms with E-state index in [-0.39, 0.29) is 5.75 Å². The molecule has 1 rings (SSSR count). The maximum absolute atomic E-state index is 10.7. The van der Waals surface area contributed by atoms with Crippen LogP contribution in [0.2, 0.25) is 0 Å². The molecule has 0 saturated carbocycles. The molecule has 66 valence electrons. The van der Waals surface area contributed by atoms with Crippen LogP contribution in [-0.4, -0.2) is 17.2 Å². The molecule has 1 heterocycles. The van der Waals surface area contributed by atoms with E-state index in [0.29, 0.717) is 12.0 Å². The van der Waals surface area contributed by atoms with Crippen LogP contribution in [-0.2, 0) is 4.79 Å². The number of pyridine rings is 1. The van der Waals surface area contributed by atoms with Gasteiger partial charge in [0.1, 0.15) is 11.4 Å². The number of carbonyl (C=O) groups excluding carboxylic acids is 2. The first-order chi connectivity index (χ1) is 6.26. The fourth-order valence-electron chi connectivity index (χ4n) is 0.680. The lowest BCUT2D eigenvalue weighted by Gasteiger charge is -1.99. The van der Waals surface area contributed by atoms with Crippen LogP contribution < -0.4 is 4.74 Å². The van der Waals surface area contributed by atoms with Crippen LogP contribution >= 0.6 is 0 Å². The molecule has 0 amide bonds. The molecule has 0 fully saturated rings. The number of hydrogen-bond donors (Lipinski definition) is 0. The molecule has 0 radical (unpaired) electrons. The first-order valence-electron chi connectivity index (χ1n) is 3.51. The first kappa shape index (κ1) is 9.12. The Bertz CT molecular complexity index is 329. The van der Waals surface area contributed by atoms with Gasteiger partial charge in [-0.05, 0) is 12.1 Å². The van der Waals surface area contributed by atoms with Crippen molar-refractivity contribution >= 4 is 12.3 Å². The van der Waals surface area contributed by atoms with E-state index in [0.717, 1.165) is 6.08 Å². The van der Waals surface area contributed by atoms with Gasteiger partial charge in [-0.15, -0.1) is 0 Å². The van der Waals surface area contributed by atoms with Crippen LogP contribution in [0, 0.1) is 0 Å². The van der Waals surface area contributed by atoms with Gasteiger partial charge in [-0.1, -0.05) is 6.58 Å². The Hall–Kier alpha value is -1.97. The van der Waals surface area contributed by atoms with E-state index in [2.05, 4.69) is 11.6 Å². The summed E-state index contributed by atoms with van der Waals surface area (Å²) in [5, 5.41) is 0. The van der Waals surface area contributed by atoms with Crippen LogP contribution in [0.4, 0.5) is 0 Å². The largest absolute Gasteiger partial charge is 0.422 e. The van der Waals surface area contributed by atoms with Crippen LogP contribution in [0.5, 0.6) is 5.75 Å². The molecule has 13 heavy (non-hydrogen) atoms. The molecule has 0 N–H and O–H groups in total. The lowest BCUT2D eigenvalue weighted by molar-refractivity contribution is -0.128. The Labute approximate surface area is 74.9 Å². The number of rotatable bonds is 3.